The number of aromatic amines is 1. The number of rotatable bonds is 10. The topological polar surface area (TPSA) is 94.9 Å². The van der Waals surface area contributed by atoms with Crippen LogP contribution in [0.25, 0.3) is 10.9 Å². The fourth-order valence-electron chi connectivity index (χ4n) is 3.33. The van der Waals surface area contributed by atoms with Gasteiger partial charge in [-0.25, -0.2) is 4.98 Å². The maximum absolute atomic E-state index is 12.3. The number of nitrogens with one attached hydrogen (secondary N) is 1. The molecule has 0 atom stereocenters. The lowest BCUT2D eigenvalue weighted by molar-refractivity contribution is 0.259. The van der Waals surface area contributed by atoms with Crippen molar-refractivity contribution in [3.05, 3.63) is 82.7 Å². The zero-order valence-corrected chi connectivity index (χ0v) is 19.4. The summed E-state index contributed by atoms with van der Waals surface area (Å²) >= 11 is 1.44. The smallest absolute Gasteiger partial charge is 0.258 e. The van der Waals surface area contributed by atoms with E-state index in [-0.39, 0.29) is 12.2 Å². The van der Waals surface area contributed by atoms with Crippen molar-refractivity contribution in [2.75, 3.05) is 6.61 Å². The Bertz CT molecular complexity index is 1330. The van der Waals surface area contributed by atoms with Crippen LogP contribution in [0.3, 0.4) is 0 Å². The molecule has 9 heteroatoms. The minimum absolute atomic E-state index is 0.152. The lowest BCUT2D eigenvalue weighted by Gasteiger charge is -2.13. The summed E-state index contributed by atoms with van der Waals surface area (Å²) in [6, 6.07) is 13.1. The van der Waals surface area contributed by atoms with Gasteiger partial charge in [0.2, 0.25) is 0 Å². The van der Waals surface area contributed by atoms with Crippen molar-refractivity contribution in [3.8, 4) is 11.5 Å². The van der Waals surface area contributed by atoms with Crippen LogP contribution in [0.1, 0.15) is 24.1 Å². The Labute approximate surface area is 195 Å². The highest BCUT2D eigenvalue weighted by Crippen LogP contribution is 2.29. The van der Waals surface area contributed by atoms with E-state index in [1.54, 1.807) is 12.1 Å². The number of thioether (sulfide) groups is 1. The van der Waals surface area contributed by atoms with Crippen LogP contribution < -0.4 is 15.0 Å². The molecule has 0 amide bonds. The van der Waals surface area contributed by atoms with Crippen molar-refractivity contribution >= 4 is 22.7 Å². The maximum Gasteiger partial charge on any atom is 0.258 e. The average molecular weight is 464 g/mol. The first-order valence-electron chi connectivity index (χ1n) is 10.6. The van der Waals surface area contributed by atoms with Crippen LogP contribution in [0.5, 0.6) is 11.5 Å². The molecular weight excluding hydrogens is 438 g/mol. The van der Waals surface area contributed by atoms with Crippen molar-refractivity contribution in [2.45, 2.75) is 37.9 Å². The molecule has 2 aromatic carbocycles. The maximum atomic E-state index is 12.3. The lowest BCUT2D eigenvalue weighted by atomic mass is 10.2. The molecule has 33 heavy (non-hydrogen) atoms. The molecule has 0 fully saturated rings. The zero-order valence-electron chi connectivity index (χ0n) is 18.6. The van der Waals surface area contributed by atoms with Crippen LogP contribution in [0, 0.1) is 6.92 Å². The minimum atomic E-state index is -0.152. The number of aromatic nitrogens is 5. The van der Waals surface area contributed by atoms with Crippen LogP contribution in [0.2, 0.25) is 0 Å². The van der Waals surface area contributed by atoms with E-state index in [1.165, 1.54) is 11.8 Å². The second kappa shape index (κ2) is 10.4. The first-order valence-corrected chi connectivity index (χ1v) is 11.6. The highest BCUT2D eigenvalue weighted by atomic mass is 32.2. The number of ether oxygens (including phenoxy) is 2. The molecule has 0 saturated heterocycles. The predicted octanol–water partition coefficient (Wildman–Crippen LogP) is 4.28. The van der Waals surface area contributed by atoms with Crippen LogP contribution in [0.4, 0.5) is 0 Å². The summed E-state index contributed by atoms with van der Waals surface area (Å²) in [5.74, 6) is 3.05. The Morgan fingerprint density at radius 1 is 1.15 bits per heavy atom. The summed E-state index contributed by atoms with van der Waals surface area (Å²) in [6.07, 6.45) is 1.78. The van der Waals surface area contributed by atoms with Crippen molar-refractivity contribution in [1.82, 2.24) is 24.7 Å². The third kappa shape index (κ3) is 5.25. The number of allylic oxidation sites excluding steroid dienone is 1. The summed E-state index contributed by atoms with van der Waals surface area (Å²) in [5.41, 5.74) is 1.61. The number of H-pyrrole nitrogens is 1. The van der Waals surface area contributed by atoms with Gasteiger partial charge in [-0.05, 0) is 43.7 Å². The quantitative estimate of drug-likeness (QED) is 0.277. The first kappa shape index (κ1) is 22.6. The molecule has 0 saturated carbocycles. The number of nitrogens with zero attached hydrogens (tertiary/aromatic N) is 4. The fraction of sp³-hybridized carbons (Fsp3) is 0.250. The first-order chi connectivity index (χ1) is 16.1. The normalized spacial score (nSPS) is 11.0. The molecule has 170 valence electrons. The van der Waals surface area contributed by atoms with Gasteiger partial charge in [0.1, 0.15) is 12.4 Å². The highest BCUT2D eigenvalue weighted by Gasteiger charge is 2.15. The standard InChI is InChI=1S/C24H25N5O3S/c1-4-12-29-22(14-32-19-11-10-16(3)13-20(19)31-5-2)27-28-24(29)33-15-21-25-18-9-7-6-8-17(18)23(30)26-21/h4,6-11,13H,1,5,12,14-15H2,2-3H3,(H,25,26,30). The number of benzene rings is 2. The van der Waals surface area contributed by atoms with Gasteiger partial charge in [0, 0.05) is 6.54 Å². The molecule has 4 rings (SSSR count). The van der Waals surface area contributed by atoms with Crippen LogP contribution in [-0.2, 0) is 18.9 Å². The van der Waals surface area contributed by atoms with Crippen molar-refractivity contribution < 1.29 is 9.47 Å². The molecule has 8 nitrogen and oxygen atoms in total. The van der Waals surface area contributed by atoms with E-state index >= 15 is 0 Å². The van der Waals surface area contributed by atoms with Gasteiger partial charge in [0.05, 0.1) is 23.3 Å². The molecule has 2 aromatic heterocycles. The van der Waals surface area contributed by atoms with E-state index in [4.69, 9.17) is 9.47 Å². The molecule has 0 aliphatic carbocycles. The van der Waals surface area contributed by atoms with Gasteiger partial charge < -0.3 is 14.5 Å². The highest BCUT2D eigenvalue weighted by molar-refractivity contribution is 7.98. The fourth-order valence-corrected chi connectivity index (χ4v) is 4.16. The van der Waals surface area contributed by atoms with Gasteiger partial charge in [0.15, 0.2) is 22.5 Å². The third-order valence-corrected chi connectivity index (χ3v) is 5.84. The van der Waals surface area contributed by atoms with E-state index < -0.39 is 0 Å². The van der Waals surface area contributed by atoms with E-state index in [1.807, 2.05) is 54.8 Å². The third-order valence-electron chi connectivity index (χ3n) is 4.86. The molecule has 4 aromatic rings. The van der Waals surface area contributed by atoms with E-state index in [0.717, 1.165) is 5.56 Å². The SMILES string of the molecule is C=CCn1c(COc2ccc(C)cc2OCC)nnc1SCc1nc2ccccc2c(=O)[nH]1. The Balaban J connectivity index is 1.50. The van der Waals surface area contributed by atoms with Crippen LogP contribution in [-0.4, -0.2) is 31.3 Å². The molecule has 1 N–H and O–H groups in total. The van der Waals surface area contributed by atoms with Gasteiger partial charge in [-0.15, -0.1) is 16.8 Å². The molecule has 2 heterocycles. The number of aryl methyl sites for hydroxylation is 1. The molecule has 0 spiro atoms. The van der Waals surface area contributed by atoms with Crippen LogP contribution in [0.15, 0.2) is 65.1 Å². The van der Waals surface area contributed by atoms with Crippen molar-refractivity contribution in [2.24, 2.45) is 0 Å². The van der Waals surface area contributed by atoms with Gasteiger partial charge in [0.25, 0.3) is 5.56 Å². The summed E-state index contributed by atoms with van der Waals surface area (Å²) in [5, 5.41) is 9.89. The molecular formula is C24H25N5O3S. The molecule has 0 unspecified atom stereocenters. The van der Waals surface area contributed by atoms with E-state index in [9.17, 15) is 4.79 Å². The Morgan fingerprint density at radius 2 is 2.00 bits per heavy atom. The van der Waals surface area contributed by atoms with E-state index in [2.05, 4.69) is 26.7 Å². The molecule has 0 bridgehead atoms. The number of fused-ring (bicyclic) bond motifs is 1. The van der Waals surface area contributed by atoms with Gasteiger partial charge in [-0.2, -0.15) is 0 Å². The summed E-state index contributed by atoms with van der Waals surface area (Å²) in [7, 11) is 0. The van der Waals surface area contributed by atoms with Crippen molar-refractivity contribution in [3.63, 3.8) is 0 Å². The summed E-state index contributed by atoms with van der Waals surface area (Å²) in [4.78, 5) is 19.7. The molecule has 0 aliphatic rings. The van der Waals surface area contributed by atoms with Crippen LogP contribution >= 0.6 is 11.8 Å². The number of hydrogen-bond donors (Lipinski definition) is 1. The Kier molecular flexibility index (Phi) is 7.09. The Morgan fingerprint density at radius 3 is 2.82 bits per heavy atom. The molecule has 0 aliphatic heterocycles. The van der Waals surface area contributed by atoms with Gasteiger partial charge in [-0.1, -0.05) is 36.0 Å². The monoisotopic (exact) mass is 463 g/mol. The summed E-state index contributed by atoms with van der Waals surface area (Å²) < 4.78 is 13.6. The predicted molar refractivity (Wildman–Crippen MR) is 129 cm³/mol. The minimum Gasteiger partial charge on any atom is -0.490 e. The second-order valence-corrected chi connectivity index (χ2v) is 8.23. The van der Waals surface area contributed by atoms with Crippen molar-refractivity contribution in [1.29, 1.82) is 0 Å². The Hall–Kier alpha value is -3.59. The zero-order chi connectivity index (χ0) is 23.2. The van der Waals surface area contributed by atoms with Gasteiger partial charge in [-0.3, -0.25) is 9.36 Å². The second-order valence-electron chi connectivity index (χ2n) is 7.29. The largest absolute Gasteiger partial charge is 0.490 e. The number of para-hydroxylation sites is 1. The number of hydrogen-bond acceptors (Lipinski definition) is 7. The molecule has 0 radical (unpaired) electrons. The van der Waals surface area contributed by atoms with Gasteiger partial charge >= 0.3 is 0 Å². The average Bonchev–Trinajstić information content (AvgIpc) is 3.19. The summed E-state index contributed by atoms with van der Waals surface area (Å²) in [6.45, 7) is 9.10. The lowest BCUT2D eigenvalue weighted by Crippen LogP contribution is -2.11. The van der Waals surface area contributed by atoms with E-state index in [0.29, 0.717) is 58.1 Å².